The largest absolute Gasteiger partial charge is 0.497 e. The second-order valence-corrected chi connectivity index (χ2v) is 5.52. The first-order valence-electron chi connectivity index (χ1n) is 7.68. The molecular weight excluding hydrogens is 290 g/mol. The van der Waals surface area contributed by atoms with Crippen molar-refractivity contribution in [3.8, 4) is 5.75 Å². The van der Waals surface area contributed by atoms with Crippen molar-refractivity contribution in [1.29, 1.82) is 0 Å². The summed E-state index contributed by atoms with van der Waals surface area (Å²) in [6.45, 7) is 1.43. The lowest BCUT2D eigenvalue weighted by atomic mass is 10.00. The number of aryl methyl sites for hydroxylation is 1. The standard InChI is InChI=1S/C19H19NO3/c1-13(21)23-19-17(15-6-4-10-20-12-15)7-3-5-14-11-16(22-2)8-9-18(14)19/h4,6,8-12H,3,5,7H2,1-2H3. The van der Waals surface area contributed by atoms with Gasteiger partial charge in [0.05, 0.1) is 7.11 Å². The van der Waals surface area contributed by atoms with E-state index < -0.39 is 0 Å². The maximum atomic E-state index is 11.6. The molecule has 1 aliphatic rings. The van der Waals surface area contributed by atoms with Gasteiger partial charge in [0.15, 0.2) is 0 Å². The second kappa shape index (κ2) is 6.65. The molecule has 1 aliphatic carbocycles. The summed E-state index contributed by atoms with van der Waals surface area (Å²) in [7, 11) is 1.66. The number of hydrogen-bond acceptors (Lipinski definition) is 4. The van der Waals surface area contributed by atoms with Gasteiger partial charge in [-0.3, -0.25) is 9.78 Å². The number of allylic oxidation sites excluding steroid dienone is 1. The Hall–Kier alpha value is -2.62. The van der Waals surface area contributed by atoms with Crippen LogP contribution in [-0.4, -0.2) is 18.1 Å². The Kier molecular flexibility index (Phi) is 4.42. The number of esters is 1. The first-order chi connectivity index (χ1) is 11.2. The number of carbonyl (C=O) groups excluding carboxylic acids is 1. The minimum Gasteiger partial charge on any atom is -0.497 e. The quantitative estimate of drug-likeness (QED) is 0.808. The van der Waals surface area contributed by atoms with Crippen LogP contribution in [-0.2, 0) is 16.0 Å². The molecule has 4 nitrogen and oxygen atoms in total. The molecule has 23 heavy (non-hydrogen) atoms. The van der Waals surface area contributed by atoms with Crippen LogP contribution in [0.3, 0.4) is 0 Å². The SMILES string of the molecule is COc1ccc2c(c1)CCCC(c1cccnc1)=C2OC(C)=O. The van der Waals surface area contributed by atoms with Gasteiger partial charge in [-0.25, -0.2) is 0 Å². The van der Waals surface area contributed by atoms with E-state index in [-0.39, 0.29) is 5.97 Å². The van der Waals surface area contributed by atoms with E-state index in [0.717, 1.165) is 47.3 Å². The maximum Gasteiger partial charge on any atom is 0.308 e. The summed E-state index contributed by atoms with van der Waals surface area (Å²) in [5, 5.41) is 0. The van der Waals surface area contributed by atoms with Gasteiger partial charge in [-0.1, -0.05) is 6.07 Å². The lowest BCUT2D eigenvalue weighted by molar-refractivity contribution is -0.134. The molecule has 118 valence electrons. The average molecular weight is 309 g/mol. The van der Waals surface area contributed by atoms with Crippen LogP contribution in [0.4, 0.5) is 0 Å². The van der Waals surface area contributed by atoms with Gasteiger partial charge in [0.1, 0.15) is 11.5 Å². The van der Waals surface area contributed by atoms with Crippen LogP contribution in [0, 0.1) is 0 Å². The Morgan fingerprint density at radius 3 is 2.78 bits per heavy atom. The number of methoxy groups -OCH3 is 1. The van der Waals surface area contributed by atoms with Gasteiger partial charge >= 0.3 is 5.97 Å². The summed E-state index contributed by atoms with van der Waals surface area (Å²) >= 11 is 0. The molecule has 3 rings (SSSR count). The first kappa shape index (κ1) is 15.3. The van der Waals surface area contributed by atoms with E-state index in [2.05, 4.69) is 4.98 Å². The van der Waals surface area contributed by atoms with Crippen LogP contribution in [0.5, 0.6) is 5.75 Å². The highest BCUT2D eigenvalue weighted by atomic mass is 16.5. The summed E-state index contributed by atoms with van der Waals surface area (Å²) in [6, 6.07) is 9.78. The number of ether oxygens (including phenoxy) is 2. The zero-order valence-electron chi connectivity index (χ0n) is 13.3. The van der Waals surface area contributed by atoms with Crippen molar-refractivity contribution in [3.63, 3.8) is 0 Å². The summed E-state index contributed by atoms with van der Waals surface area (Å²) in [6.07, 6.45) is 6.29. The van der Waals surface area contributed by atoms with Crippen molar-refractivity contribution in [2.24, 2.45) is 0 Å². The van der Waals surface area contributed by atoms with Gasteiger partial charge in [-0.15, -0.1) is 0 Å². The number of hydrogen-bond donors (Lipinski definition) is 0. The van der Waals surface area contributed by atoms with Crippen LogP contribution >= 0.6 is 0 Å². The molecule has 0 radical (unpaired) electrons. The van der Waals surface area contributed by atoms with Crippen molar-refractivity contribution >= 4 is 17.3 Å². The number of nitrogens with zero attached hydrogens (tertiary/aromatic N) is 1. The second-order valence-electron chi connectivity index (χ2n) is 5.52. The Balaban J connectivity index is 2.18. The van der Waals surface area contributed by atoms with Crippen molar-refractivity contribution in [1.82, 2.24) is 4.98 Å². The molecular formula is C19H19NO3. The molecule has 0 fully saturated rings. The van der Waals surface area contributed by atoms with E-state index in [1.165, 1.54) is 6.92 Å². The number of aromatic nitrogens is 1. The van der Waals surface area contributed by atoms with Crippen LogP contribution in [0.2, 0.25) is 0 Å². The number of benzene rings is 1. The van der Waals surface area contributed by atoms with E-state index in [1.54, 1.807) is 13.3 Å². The van der Waals surface area contributed by atoms with Gasteiger partial charge in [0.2, 0.25) is 0 Å². The third kappa shape index (κ3) is 3.26. The maximum absolute atomic E-state index is 11.6. The molecule has 0 atom stereocenters. The Morgan fingerprint density at radius 2 is 2.09 bits per heavy atom. The fourth-order valence-electron chi connectivity index (χ4n) is 2.93. The number of fused-ring (bicyclic) bond motifs is 1. The van der Waals surface area contributed by atoms with Crippen LogP contribution in [0.15, 0.2) is 42.7 Å². The van der Waals surface area contributed by atoms with Gasteiger partial charge in [0.25, 0.3) is 0 Å². The van der Waals surface area contributed by atoms with E-state index >= 15 is 0 Å². The fourth-order valence-corrected chi connectivity index (χ4v) is 2.93. The number of pyridine rings is 1. The predicted octanol–water partition coefficient (Wildman–Crippen LogP) is 3.86. The van der Waals surface area contributed by atoms with Crippen LogP contribution in [0.25, 0.3) is 11.3 Å². The molecule has 0 saturated carbocycles. The smallest absolute Gasteiger partial charge is 0.308 e. The molecule has 2 aromatic rings. The van der Waals surface area contributed by atoms with Gasteiger partial charge < -0.3 is 9.47 Å². The summed E-state index contributed by atoms with van der Waals surface area (Å²) in [5.74, 6) is 1.14. The summed E-state index contributed by atoms with van der Waals surface area (Å²) in [4.78, 5) is 15.8. The third-order valence-electron chi connectivity index (χ3n) is 3.96. The Morgan fingerprint density at radius 1 is 1.22 bits per heavy atom. The topological polar surface area (TPSA) is 48.4 Å². The zero-order chi connectivity index (χ0) is 16.2. The molecule has 0 spiro atoms. The highest BCUT2D eigenvalue weighted by Gasteiger charge is 2.21. The average Bonchev–Trinajstić information content (AvgIpc) is 2.74. The van der Waals surface area contributed by atoms with Crippen molar-refractivity contribution in [2.45, 2.75) is 26.2 Å². The summed E-state index contributed by atoms with van der Waals surface area (Å²) < 4.78 is 10.9. The van der Waals surface area contributed by atoms with Crippen LogP contribution in [0.1, 0.15) is 36.5 Å². The van der Waals surface area contributed by atoms with Crippen molar-refractivity contribution in [3.05, 3.63) is 59.4 Å². The zero-order valence-corrected chi connectivity index (χ0v) is 13.3. The third-order valence-corrected chi connectivity index (χ3v) is 3.96. The normalized spacial score (nSPS) is 14.0. The highest BCUT2D eigenvalue weighted by molar-refractivity contribution is 5.92. The van der Waals surface area contributed by atoms with E-state index in [1.807, 2.05) is 36.5 Å². The lowest BCUT2D eigenvalue weighted by Gasteiger charge is -2.15. The van der Waals surface area contributed by atoms with E-state index in [4.69, 9.17) is 9.47 Å². The van der Waals surface area contributed by atoms with Crippen molar-refractivity contribution < 1.29 is 14.3 Å². The molecule has 0 aliphatic heterocycles. The molecule has 0 N–H and O–H groups in total. The molecule has 0 amide bonds. The van der Waals surface area contributed by atoms with Crippen LogP contribution < -0.4 is 4.74 Å². The summed E-state index contributed by atoms with van der Waals surface area (Å²) in [5.41, 5.74) is 4.11. The lowest BCUT2D eigenvalue weighted by Crippen LogP contribution is -2.03. The van der Waals surface area contributed by atoms with E-state index in [9.17, 15) is 4.79 Å². The molecule has 1 aromatic carbocycles. The number of carbonyl (C=O) groups is 1. The first-order valence-corrected chi connectivity index (χ1v) is 7.68. The minimum absolute atomic E-state index is 0.315. The molecule has 4 heteroatoms. The van der Waals surface area contributed by atoms with Gasteiger partial charge in [-0.2, -0.15) is 0 Å². The Labute approximate surface area is 135 Å². The van der Waals surface area contributed by atoms with E-state index in [0.29, 0.717) is 5.76 Å². The van der Waals surface area contributed by atoms with Gasteiger partial charge in [0, 0.05) is 30.5 Å². The highest BCUT2D eigenvalue weighted by Crippen LogP contribution is 2.37. The molecule has 1 heterocycles. The molecule has 0 unspecified atom stereocenters. The monoisotopic (exact) mass is 309 g/mol. The van der Waals surface area contributed by atoms with Crippen molar-refractivity contribution in [2.75, 3.05) is 7.11 Å². The molecule has 0 saturated heterocycles. The van der Waals surface area contributed by atoms with Gasteiger partial charge in [-0.05, 0) is 54.7 Å². The molecule has 1 aromatic heterocycles. The fraction of sp³-hybridized carbons (Fsp3) is 0.263. The minimum atomic E-state index is -0.315. The Bertz CT molecular complexity index is 750. The molecule has 0 bridgehead atoms. The number of rotatable bonds is 3. The predicted molar refractivity (Wildman–Crippen MR) is 88.7 cm³/mol.